The van der Waals surface area contributed by atoms with Crippen LogP contribution in [-0.4, -0.2) is 17.9 Å². The van der Waals surface area contributed by atoms with Gasteiger partial charge < -0.3 is 0 Å². The fraction of sp³-hybridized carbons (Fsp3) is 1.00. The average molecular weight is 296 g/mol. The first-order valence-electron chi connectivity index (χ1n) is 7.53. The highest BCUT2D eigenvalue weighted by Gasteiger charge is 2.40. The van der Waals surface area contributed by atoms with E-state index in [1.54, 1.807) is 0 Å². The van der Waals surface area contributed by atoms with E-state index in [-0.39, 0.29) is 43.6 Å². The van der Waals surface area contributed by atoms with Crippen LogP contribution in [0.2, 0.25) is 0 Å². The lowest BCUT2D eigenvalue weighted by atomic mass is 9.76. The van der Waals surface area contributed by atoms with Gasteiger partial charge >= 0.3 is 0 Å². The Morgan fingerprint density at radius 3 is 2.20 bits per heavy atom. The Hall–Kier alpha value is -0.360. The Morgan fingerprint density at radius 1 is 1.00 bits per heavy atom. The molecule has 0 heterocycles. The average Bonchev–Trinajstić information content (AvgIpc) is 2.35. The number of rotatable bonds is 4. The van der Waals surface area contributed by atoms with Crippen LogP contribution in [0.25, 0.3) is 0 Å². The number of halogens is 4. The quantitative estimate of drug-likeness (QED) is 0.470. The molecule has 2 aliphatic carbocycles. The Labute approximate surface area is 117 Å². The third kappa shape index (κ3) is 4.32. The minimum Gasteiger partial charge on any atom is -0.271 e. The van der Waals surface area contributed by atoms with Crippen molar-refractivity contribution in [2.75, 3.05) is 0 Å². The van der Waals surface area contributed by atoms with E-state index >= 15 is 0 Å². The number of nitrogens with one attached hydrogen (secondary N) is 1. The van der Waals surface area contributed by atoms with Crippen LogP contribution in [0.15, 0.2) is 0 Å². The SMILES string of the molecule is NNC(CC1CCCC(F)(F)C1)C1CCC(F)(F)CC1. The van der Waals surface area contributed by atoms with Crippen molar-refractivity contribution >= 4 is 0 Å². The van der Waals surface area contributed by atoms with Crippen LogP contribution in [0.3, 0.4) is 0 Å². The topological polar surface area (TPSA) is 38.0 Å². The van der Waals surface area contributed by atoms with Gasteiger partial charge in [-0.1, -0.05) is 0 Å². The molecule has 0 aromatic heterocycles. The standard InChI is InChI=1S/C14H24F4N2/c15-13(16)6-3-11(4-7-13)12(20-19)8-10-2-1-5-14(17,18)9-10/h10-12,20H,1-9,19H2. The van der Waals surface area contributed by atoms with Gasteiger partial charge in [-0.25, -0.2) is 17.6 Å². The van der Waals surface area contributed by atoms with E-state index in [0.29, 0.717) is 25.7 Å². The van der Waals surface area contributed by atoms with Crippen molar-refractivity contribution < 1.29 is 17.6 Å². The summed E-state index contributed by atoms with van der Waals surface area (Å²) in [5.41, 5.74) is 2.68. The molecule has 6 heteroatoms. The van der Waals surface area contributed by atoms with Gasteiger partial charge in [0.15, 0.2) is 0 Å². The van der Waals surface area contributed by atoms with Crippen LogP contribution < -0.4 is 11.3 Å². The molecule has 0 radical (unpaired) electrons. The Bertz CT molecular complexity index is 312. The zero-order valence-corrected chi connectivity index (χ0v) is 11.7. The molecule has 2 nitrogen and oxygen atoms in total. The van der Waals surface area contributed by atoms with Crippen molar-refractivity contribution in [2.45, 2.75) is 75.7 Å². The lowest BCUT2D eigenvalue weighted by Crippen LogP contribution is -2.45. The van der Waals surface area contributed by atoms with Gasteiger partial charge in [0.05, 0.1) is 0 Å². The van der Waals surface area contributed by atoms with Crippen LogP contribution in [0.5, 0.6) is 0 Å². The molecule has 2 fully saturated rings. The lowest BCUT2D eigenvalue weighted by molar-refractivity contribution is -0.0617. The molecule has 2 saturated carbocycles. The predicted molar refractivity (Wildman–Crippen MR) is 69.5 cm³/mol. The molecule has 0 bridgehead atoms. The Balaban J connectivity index is 1.86. The molecule has 0 saturated heterocycles. The lowest BCUT2D eigenvalue weighted by Gasteiger charge is -2.37. The van der Waals surface area contributed by atoms with Crippen LogP contribution >= 0.6 is 0 Å². The molecule has 0 spiro atoms. The fourth-order valence-corrected chi connectivity index (χ4v) is 3.70. The predicted octanol–water partition coefficient (Wildman–Crippen LogP) is 3.86. The smallest absolute Gasteiger partial charge is 0.248 e. The summed E-state index contributed by atoms with van der Waals surface area (Å²) in [6.07, 6.45) is 2.40. The van der Waals surface area contributed by atoms with Crippen LogP contribution in [0.1, 0.15) is 57.8 Å². The summed E-state index contributed by atoms with van der Waals surface area (Å²) in [5, 5.41) is 0. The molecular weight excluding hydrogens is 272 g/mol. The number of hydrogen-bond donors (Lipinski definition) is 2. The number of hydrazine groups is 1. The molecule has 2 atom stereocenters. The maximum Gasteiger partial charge on any atom is 0.248 e. The highest BCUT2D eigenvalue weighted by molar-refractivity contribution is 4.87. The van der Waals surface area contributed by atoms with E-state index in [1.165, 1.54) is 0 Å². The number of alkyl halides is 4. The molecule has 0 aromatic rings. The molecule has 20 heavy (non-hydrogen) atoms. The summed E-state index contributed by atoms with van der Waals surface area (Å²) in [7, 11) is 0. The third-order valence-corrected chi connectivity index (χ3v) is 4.87. The summed E-state index contributed by atoms with van der Waals surface area (Å²) in [6, 6.07) is -0.120. The highest BCUT2D eigenvalue weighted by Crippen LogP contribution is 2.42. The monoisotopic (exact) mass is 296 g/mol. The van der Waals surface area contributed by atoms with Crippen molar-refractivity contribution in [3.63, 3.8) is 0 Å². The van der Waals surface area contributed by atoms with Crippen molar-refractivity contribution in [2.24, 2.45) is 17.7 Å². The molecular formula is C14H24F4N2. The first kappa shape index (κ1) is 16.0. The summed E-state index contributed by atoms with van der Waals surface area (Å²) < 4.78 is 53.1. The summed E-state index contributed by atoms with van der Waals surface area (Å²) in [5.74, 6) is 0.427. The molecule has 2 rings (SSSR count). The molecule has 3 N–H and O–H groups in total. The largest absolute Gasteiger partial charge is 0.271 e. The fourth-order valence-electron chi connectivity index (χ4n) is 3.70. The van der Waals surface area contributed by atoms with E-state index < -0.39 is 11.8 Å². The van der Waals surface area contributed by atoms with E-state index in [1.807, 2.05) is 0 Å². The minimum atomic E-state index is -2.57. The van der Waals surface area contributed by atoms with E-state index in [9.17, 15) is 17.6 Å². The third-order valence-electron chi connectivity index (χ3n) is 4.87. The van der Waals surface area contributed by atoms with E-state index in [2.05, 4.69) is 5.43 Å². The van der Waals surface area contributed by atoms with Crippen molar-refractivity contribution in [3.8, 4) is 0 Å². The van der Waals surface area contributed by atoms with Gasteiger partial charge in [-0.2, -0.15) is 0 Å². The number of nitrogens with two attached hydrogens (primary N) is 1. The summed E-state index contributed by atoms with van der Waals surface area (Å²) >= 11 is 0. The van der Waals surface area contributed by atoms with Gasteiger partial charge in [0, 0.05) is 31.7 Å². The molecule has 2 unspecified atom stereocenters. The van der Waals surface area contributed by atoms with Gasteiger partial charge in [-0.15, -0.1) is 0 Å². The van der Waals surface area contributed by atoms with Crippen molar-refractivity contribution in [3.05, 3.63) is 0 Å². The second-order valence-electron chi connectivity index (χ2n) is 6.52. The first-order chi connectivity index (χ1) is 9.31. The summed E-state index contributed by atoms with van der Waals surface area (Å²) in [4.78, 5) is 0. The molecule has 118 valence electrons. The second-order valence-corrected chi connectivity index (χ2v) is 6.52. The Morgan fingerprint density at radius 2 is 1.65 bits per heavy atom. The van der Waals surface area contributed by atoms with Gasteiger partial charge in [-0.05, 0) is 43.9 Å². The van der Waals surface area contributed by atoms with Crippen LogP contribution in [-0.2, 0) is 0 Å². The first-order valence-corrected chi connectivity index (χ1v) is 7.53. The van der Waals surface area contributed by atoms with Crippen LogP contribution in [0.4, 0.5) is 17.6 Å². The molecule has 2 aliphatic rings. The normalized spacial score (nSPS) is 31.9. The zero-order chi connectivity index (χ0) is 14.8. The van der Waals surface area contributed by atoms with E-state index in [4.69, 9.17) is 5.84 Å². The maximum atomic E-state index is 13.4. The zero-order valence-electron chi connectivity index (χ0n) is 11.7. The van der Waals surface area contributed by atoms with Gasteiger partial charge in [0.1, 0.15) is 0 Å². The second kappa shape index (κ2) is 6.18. The number of hydrogen-bond acceptors (Lipinski definition) is 2. The molecule has 0 aromatic carbocycles. The molecule has 0 aliphatic heterocycles. The highest BCUT2D eigenvalue weighted by atomic mass is 19.3. The van der Waals surface area contributed by atoms with Crippen molar-refractivity contribution in [1.82, 2.24) is 5.43 Å². The van der Waals surface area contributed by atoms with Gasteiger partial charge in [-0.3, -0.25) is 11.3 Å². The van der Waals surface area contributed by atoms with Crippen molar-refractivity contribution in [1.29, 1.82) is 0 Å². The minimum absolute atomic E-state index is 0.0279. The van der Waals surface area contributed by atoms with Gasteiger partial charge in [0.2, 0.25) is 11.8 Å². The Kier molecular flexibility index (Phi) is 4.95. The summed E-state index contributed by atoms with van der Waals surface area (Å²) in [6.45, 7) is 0. The van der Waals surface area contributed by atoms with E-state index in [0.717, 1.165) is 6.42 Å². The van der Waals surface area contributed by atoms with Crippen LogP contribution in [0, 0.1) is 11.8 Å². The molecule has 0 amide bonds. The van der Waals surface area contributed by atoms with Gasteiger partial charge in [0.25, 0.3) is 0 Å². The maximum absolute atomic E-state index is 13.4.